The van der Waals surface area contributed by atoms with Crippen LogP contribution in [0.4, 0.5) is 30.7 Å². The van der Waals surface area contributed by atoms with Gasteiger partial charge in [0.05, 0.1) is 11.1 Å². The summed E-state index contributed by atoms with van der Waals surface area (Å²) in [6.07, 6.45) is -2.67. The smallest absolute Gasteiger partial charge is 0.416 e. The number of aliphatic carboxylic acids is 1. The van der Waals surface area contributed by atoms with Crippen LogP contribution in [0.1, 0.15) is 79.5 Å². The number of halogens is 7. The number of carbonyl (C=O) groups is 1. The highest BCUT2D eigenvalue weighted by molar-refractivity contribution is 5.73. The Morgan fingerprint density at radius 2 is 1.56 bits per heavy atom. The molecule has 3 atom stereocenters. The third kappa shape index (κ3) is 8.78. The topological polar surface area (TPSA) is 43.8 Å². The SMILES string of the molecule is O=C(O)[C@@H](CC1CCC1)N1C[C@H](CN2CCC(CCCc3cc(C(F)(F)F)cc(C(F)(F)F)c3)CC2)[C@@H](c2cccc(F)c2)C1. The molecule has 2 heterocycles. The lowest BCUT2D eigenvalue weighted by Gasteiger charge is -2.35. The van der Waals surface area contributed by atoms with Gasteiger partial charge in [0.25, 0.3) is 0 Å². The van der Waals surface area contributed by atoms with E-state index < -0.39 is 35.5 Å². The first-order chi connectivity index (χ1) is 21.3. The van der Waals surface area contributed by atoms with Crippen LogP contribution in [0.3, 0.4) is 0 Å². The van der Waals surface area contributed by atoms with Gasteiger partial charge in [-0.05, 0) is 104 Å². The molecule has 2 aromatic carbocycles. The molecular formula is C34H41F7N2O2. The minimum absolute atomic E-state index is 0.00992. The number of carboxylic acid groups (broad SMARTS) is 1. The second-order valence-corrected chi connectivity index (χ2v) is 13.3. The van der Waals surface area contributed by atoms with E-state index in [1.54, 1.807) is 12.1 Å². The summed E-state index contributed by atoms with van der Waals surface area (Å²) in [7, 11) is 0. The third-order valence-corrected chi connectivity index (χ3v) is 10.2. The number of hydrogen-bond acceptors (Lipinski definition) is 3. The van der Waals surface area contributed by atoms with Crippen LogP contribution < -0.4 is 0 Å². The molecule has 2 aliphatic heterocycles. The quantitative estimate of drug-likeness (QED) is 0.251. The van der Waals surface area contributed by atoms with Crippen molar-refractivity contribution in [2.45, 2.75) is 82.1 Å². The highest BCUT2D eigenvalue weighted by Gasteiger charge is 2.42. The molecule has 1 saturated carbocycles. The molecule has 0 radical (unpaired) electrons. The summed E-state index contributed by atoms with van der Waals surface area (Å²) in [5, 5.41) is 10.1. The zero-order chi connectivity index (χ0) is 32.4. The Morgan fingerprint density at radius 3 is 2.11 bits per heavy atom. The zero-order valence-electron chi connectivity index (χ0n) is 25.2. The second kappa shape index (κ2) is 14.0. The van der Waals surface area contributed by atoms with Crippen LogP contribution in [0, 0.1) is 23.6 Å². The van der Waals surface area contributed by atoms with Gasteiger partial charge in [-0.3, -0.25) is 9.69 Å². The predicted molar refractivity (Wildman–Crippen MR) is 156 cm³/mol. The van der Waals surface area contributed by atoms with Crippen LogP contribution in [-0.2, 0) is 23.6 Å². The second-order valence-electron chi connectivity index (χ2n) is 13.3. The minimum atomic E-state index is -4.85. The fourth-order valence-corrected chi connectivity index (χ4v) is 7.46. The van der Waals surface area contributed by atoms with Crippen LogP contribution in [-0.4, -0.2) is 59.6 Å². The molecule has 1 aliphatic carbocycles. The van der Waals surface area contributed by atoms with Crippen LogP contribution >= 0.6 is 0 Å². The molecule has 0 unspecified atom stereocenters. The number of alkyl halides is 6. The van der Waals surface area contributed by atoms with Gasteiger partial charge in [0, 0.05) is 25.6 Å². The van der Waals surface area contributed by atoms with E-state index in [-0.39, 0.29) is 35.7 Å². The van der Waals surface area contributed by atoms with Crippen molar-refractivity contribution >= 4 is 5.97 Å². The van der Waals surface area contributed by atoms with Gasteiger partial charge in [0.15, 0.2) is 0 Å². The number of nitrogens with zero attached hydrogens (tertiary/aromatic N) is 2. The Bertz CT molecular complexity index is 1270. The van der Waals surface area contributed by atoms with E-state index >= 15 is 0 Å². The lowest BCUT2D eigenvalue weighted by atomic mass is 9.80. The summed E-state index contributed by atoms with van der Waals surface area (Å²) in [6, 6.07) is 7.83. The molecule has 45 heavy (non-hydrogen) atoms. The summed E-state index contributed by atoms with van der Waals surface area (Å²) in [6.45, 7) is 3.57. The molecule has 0 aromatic heterocycles. The van der Waals surface area contributed by atoms with Crippen molar-refractivity contribution in [1.29, 1.82) is 0 Å². The monoisotopic (exact) mass is 642 g/mol. The maximum absolute atomic E-state index is 14.2. The third-order valence-electron chi connectivity index (χ3n) is 10.2. The van der Waals surface area contributed by atoms with Gasteiger partial charge in [0.1, 0.15) is 11.9 Å². The van der Waals surface area contributed by atoms with Gasteiger partial charge in [-0.2, -0.15) is 26.3 Å². The number of hydrogen-bond donors (Lipinski definition) is 1. The van der Waals surface area contributed by atoms with Gasteiger partial charge in [0.2, 0.25) is 0 Å². The highest BCUT2D eigenvalue weighted by atomic mass is 19.4. The van der Waals surface area contributed by atoms with Crippen molar-refractivity contribution in [1.82, 2.24) is 9.80 Å². The highest BCUT2D eigenvalue weighted by Crippen LogP contribution is 2.40. The first-order valence-electron chi connectivity index (χ1n) is 16.0. The molecule has 4 nitrogen and oxygen atoms in total. The van der Waals surface area contributed by atoms with E-state index in [9.17, 15) is 40.6 Å². The Labute approximate surface area is 259 Å². The van der Waals surface area contributed by atoms with Crippen LogP contribution in [0.15, 0.2) is 42.5 Å². The molecule has 2 aromatic rings. The lowest BCUT2D eigenvalue weighted by Crippen LogP contribution is -2.43. The van der Waals surface area contributed by atoms with Gasteiger partial charge in [-0.15, -0.1) is 0 Å². The Morgan fingerprint density at radius 1 is 0.889 bits per heavy atom. The lowest BCUT2D eigenvalue weighted by molar-refractivity contribution is -0.144. The standard InChI is InChI=1S/C34H41F7N2O2/c35-29-9-3-8-25(17-29)30-21-43(31(32(44)45)16-23-5-2-6-23)20-26(30)19-42-12-10-22(11-13-42)4-1-7-24-14-27(33(36,37)38)18-28(15-24)34(39,40)41/h3,8-9,14-15,17-18,22-23,26,30-31H,1-2,4-7,10-13,16,19-21H2,(H,44,45)/t26-,30+,31+/m0/s1. The van der Waals surface area contributed by atoms with Crippen molar-refractivity contribution in [3.05, 3.63) is 70.5 Å². The van der Waals surface area contributed by atoms with E-state index in [1.165, 1.54) is 6.07 Å². The first-order valence-corrected chi connectivity index (χ1v) is 16.0. The van der Waals surface area contributed by atoms with Crippen LogP contribution in [0.5, 0.6) is 0 Å². The average Bonchev–Trinajstić information content (AvgIpc) is 3.35. The molecule has 2 saturated heterocycles. The normalized spacial score (nSPS) is 23.3. The van der Waals surface area contributed by atoms with Crippen molar-refractivity contribution in [3.8, 4) is 0 Å². The Balaban J connectivity index is 1.16. The largest absolute Gasteiger partial charge is 0.480 e. The maximum Gasteiger partial charge on any atom is 0.416 e. The molecule has 0 spiro atoms. The number of rotatable bonds is 11. The van der Waals surface area contributed by atoms with Gasteiger partial charge in [-0.1, -0.05) is 37.8 Å². The fraction of sp³-hybridized carbons (Fsp3) is 0.618. The van der Waals surface area contributed by atoms with Crippen molar-refractivity contribution in [2.24, 2.45) is 17.8 Å². The van der Waals surface area contributed by atoms with Crippen molar-refractivity contribution in [3.63, 3.8) is 0 Å². The van der Waals surface area contributed by atoms with E-state index in [2.05, 4.69) is 9.80 Å². The Hall–Kier alpha value is -2.66. The molecule has 3 fully saturated rings. The number of benzene rings is 2. The first kappa shape index (κ1) is 33.7. The van der Waals surface area contributed by atoms with Crippen LogP contribution in [0.2, 0.25) is 0 Å². The number of carboxylic acids is 1. The van der Waals surface area contributed by atoms with Crippen molar-refractivity contribution in [2.75, 3.05) is 32.7 Å². The summed E-state index contributed by atoms with van der Waals surface area (Å²) in [5.41, 5.74) is -1.63. The molecule has 1 N–H and O–H groups in total. The number of aryl methyl sites for hydroxylation is 1. The Kier molecular flexibility index (Phi) is 10.5. The van der Waals surface area contributed by atoms with Crippen LogP contribution in [0.25, 0.3) is 0 Å². The summed E-state index contributed by atoms with van der Waals surface area (Å²) in [5.74, 6) is -0.203. The van der Waals surface area contributed by atoms with Gasteiger partial charge in [-0.25, -0.2) is 4.39 Å². The molecular weight excluding hydrogens is 601 g/mol. The fourth-order valence-electron chi connectivity index (χ4n) is 7.46. The minimum Gasteiger partial charge on any atom is -0.480 e. The molecule has 11 heteroatoms. The van der Waals surface area contributed by atoms with Gasteiger partial charge < -0.3 is 10.0 Å². The van der Waals surface area contributed by atoms with Crippen molar-refractivity contribution < 1.29 is 40.6 Å². The van der Waals surface area contributed by atoms with E-state index in [0.717, 1.165) is 75.9 Å². The maximum atomic E-state index is 14.2. The molecule has 5 rings (SSSR count). The summed E-state index contributed by atoms with van der Waals surface area (Å²) < 4.78 is 93.5. The summed E-state index contributed by atoms with van der Waals surface area (Å²) >= 11 is 0. The van der Waals surface area contributed by atoms with E-state index in [4.69, 9.17) is 0 Å². The summed E-state index contributed by atoms with van der Waals surface area (Å²) in [4.78, 5) is 16.7. The molecule has 0 amide bonds. The molecule has 248 valence electrons. The van der Waals surface area contributed by atoms with Gasteiger partial charge >= 0.3 is 18.3 Å². The predicted octanol–water partition coefficient (Wildman–Crippen LogP) is 8.26. The molecule has 3 aliphatic rings. The zero-order valence-corrected chi connectivity index (χ0v) is 25.2. The average molecular weight is 643 g/mol. The number of piperidine rings is 1. The van der Waals surface area contributed by atoms with E-state index in [0.29, 0.717) is 37.8 Å². The number of likely N-dealkylation sites (tertiary alicyclic amines) is 2. The van der Waals surface area contributed by atoms with E-state index in [1.807, 2.05) is 6.07 Å². The molecule has 0 bridgehead atoms.